The van der Waals surface area contributed by atoms with E-state index in [2.05, 4.69) is 9.97 Å². The van der Waals surface area contributed by atoms with Crippen LogP contribution in [0.1, 0.15) is 33.4 Å². The van der Waals surface area contributed by atoms with Crippen molar-refractivity contribution in [3.63, 3.8) is 0 Å². The summed E-state index contributed by atoms with van der Waals surface area (Å²) in [6, 6.07) is 0. The number of hydrogen-bond acceptors (Lipinski definition) is 6. The minimum atomic E-state index is -0.468. The third-order valence-electron chi connectivity index (χ3n) is 3.82. The van der Waals surface area contributed by atoms with Crippen molar-refractivity contribution >= 4 is 19.0 Å². The van der Waals surface area contributed by atoms with E-state index in [9.17, 15) is 0 Å². The summed E-state index contributed by atoms with van der Waals surface area (Å²) in [5.74, 6) is 0.382. The Kier molecular flexibility index (Phi) is 3.86. The van der Waals surface area contributed by atoms with Crippen molar-refractivity contribution in [1.29, 1.82) is 0 Å². The van der Waals surface area contributed by atoms with Gasteiger partial charge in [-0.25, -0.2) is 4.98 Å². The Bertz CT molecular complexity index is 498. The second kappa shape index (κ2) is 5.16. The maximum absolute atomic E-state index is 5.97. The lowest BCUT2D eigenvalue weighted by molar-refractivity contribution is 0.00578. The minimum absolute atomic E-state index is 0.322. The maximum Gasteiger partial charge on any atom is 0.491 e. The average molecular weight is 276 g/mol. The zero-order valence-electron chi connectivity index (χ0n) is 12.4. The van der Waals surface area contributed by atoms with Gasteiger partial charge in [-0.3, -0.25) is 4.98 Å². The van der Waals surface area contributed by atoms with Crippen LogP contribution in [-0.2, 0) is 9.31 Å². The Morgan fingerprint density at radius 1 is 1.20 bits per heavy atom. The number of rotatable bonds is 3. The van der Waals surface area contributed by atoms with Crippen molar-refractivity contribution in [2.75, 3.05) is 12.3 Å². The monoisotopic (exact) mass is 276 g/mol. The van der Waals surface area contributed by atoms with Gasteiger partial charge >= 0.3 is 7.12 Å². The average Bonchev–Trinajstić information content (AvgIpc) is 2.57. The molecule has 6 nitrogen and oxygen atoms in total. The van der Waals surface area contributed by atoms with Crippen LogP contribution in [0.3, 0.4) is 0 Å². The minimum Gasteiger partial charge on any atom is -0.400 e. The summed E-state index contributed by atoms with van der Waals surface area (Å²) in [7, 11) is -0.468. The molecule has 1 aliphatic heterocycles. The molecule has 0 aromatic carbocycles. The van der Waals surface area contributed by atoms with Gasteiger partial charge in [-0.1, -0.05) is 0 Å². The molecule has 2 rings (SSSR count). The quantitative estimate of drug-likeness (QED) is 0.800. The molecule has 7 heteroatoms. The smallest absolute Gasteiger partial charge is 0.400 e. The summed E-state index contributed by atoms with van der Waals surface area (Å²) in [6.07, 6.45) is 4.93. The molecule has 0 saturated carbocycles. The lowest BCUT2D eigenvalue weighted by Gasteiger charge is -2.32. The molecule has 1 fully saturated rings. The lowest BCUT2D eigenvalue weighted by Crippen LogP contribution is -2.41. The highest BCUT2D eigenvalue weighted by Crippen LogP contribution is 2.38. The topological polar surface area (TPSA) is 96.3 Å². The standard InChI is InChI=1S/C13H21BN4O2/c1-12(2)13(3,4)20-14(19-12)9(6-15)5-10-7-18-11(16)8-17-10/h5,7-8H,6,15H2,1-4H3,(H2,16,18). The molecule has 0 radical (unpaired) electrons. The zero-order chi connectivity index (χ0) is 15.0. The van der Waals surface area contributed by atoms with E-state index in [4.69, 9.17) is 20.8 Å². The maximum atomic E-state index is 5.97. The summed E-state index contributed by atoms with van der Waals surface area (Å²) in [4.78, 5) is 8.18. The Morgan fingerprint density at radius 3 is 2.25 bits per heavy atom. The van der Waals surface area contributed by atoms with Gasteiger partial charge in [0, 0.05) is 6.54 Å². The van der Waals surface area contributed by atoms with Crippen molar-refractivity contribution in [3.8, 4) is 0 Å². The Balaban J connectivity index is 2.24. The predicted molar refractivity (Wildman–Crippen MR) is 79.6 cm³/mol. The molecule has 1 aromatic rings. The first-order valence-electron chi connectivity index (χ1n) is 6.59. The second-order valence-corrected chi connectivity index (χ2v) is 5.88. The Labute approximate surface area is 119 Å². The number of nitrogen functional groups attached to an aromatic ring is 1. The van der Waals surface area contributed by atoms with Gasteiger partial charge in [-0.2, -0.15) is 0 Å². The van der Waals surface area contributed by atoms with Crippen LogP contribution in [0.25, 0.3) is 6.08 Å². The molecule has 20 heavy (non-hydrogen) atoms. The van der Waals surface area contributed by atoms with Crippen LogP contribution in [-0.4, -0.2) is 34.8 Å². The molecule has 0 bridgehead atoms. The highest BCUT2D eigenvalue weighted by molar-refractivity contribution is 6.55. The first kappa shape index (κ1) is 15.0. The van der Waals surface area contributed by atoms with Crippen LogP contribution < -0.4 is 11.5 Å². The largest absolute Gasteiger partial charge is 0.491 e. The van der Waals surface area contributed by atoms with Crippen molar-refractivity contribution in [1.82, 2.24) is 9.97 Å². The number of nitrogens with two attached hydrogens (primary N) is 2. The van der Waals surface area contributed by atoms with E-state index in [1.165, 1.54) is 6.20 Å². The van der Waals surface area contributed by atoms with Gasteiger partial charge in [0.2, 0.25) is 0 Å². The number of hydrogen-bond donors (Lipinski definition) is 2. The first-order valence-corrected chi connectivity index (χ1v) is 6.59. The van der Waals surface area contributed by atoms with E-state index in [0.717, 1.165) is 5.47 Å². The predicted octanol–water partition coefficient (Wildman–Crippen LogP) is 1.03. The molecule has 0 unspecified atom stereocenters. The fraction of sp³-hybridized carbons (Fsp3) is 0.538. The van der Waals surface area contributed by atoms with E-state index in [-0.39, 0.29) is 0 Å². The van der Waals surface area contributed by atoms with Gasteiger partial charge in [-0.15, -0.1) is 0 Å². The molecular formula is C13H21BN4O2. The Hall–Kier alpha value is -1.44. The number of nitrogens with zero attached hydrogens (tertiary/aromatic N) is 2. The van der Waals surface area contributed by atoms with Crippen LogP contribution >= 0.6 is 0 Å². The van der Waals surface area contributed by atoms with Crippen LogP contribution in [0.5, 0.6) is 0 Å². The van der Waals surface area contributed by atoms with Crippen LogP contribution in [0.4, 0.5) is 5.82 Å². The van der Waals surface area contributed by atoms with E-state index in [1.807, 2.05) is 33.8 Å². The molecule has 1 aliphatic rings. The van der Waals surface area contributed by atoms with Gasteiger partial charge in [0.1, 0.15) is 5.82 Å². The molecule has 0 atom stereocenters. The summed E-state index contributed by atoms with van der Waals surface area (Å²) >= 11 is 0. The van der Waals surface area contributed by atoms with Crippen LogP contribution in [0, 0.1) is 0 Å². The van der Waals surface area contributed by atoms with Crippen molar-refractivity contribution in [3.05, 3.63) is 23.6 Å². The third kappa shape index (κ3) is 2.84. The fourth-order valence-electron chi connectivity index (χ4n) is 1.83. The van der Waals surface area contributed by atoms with E-state index in [1.54, 1.807) is 6.20 Å². The summed E-state index contributed by atoms with van der Waals surface area (Å²) < 4.78 is 11.9. The summed E-state index contributed by atoms with van der Waals surface area (Å²) in [5.41, 5.74) is 12.0. The molecule has 0 aliphatic carbocycles. The highest BCUT2D eigenvalue weighted by Gasteiger charge is 2.52. The van der Waals surface area contributed by atoms with Crippen molar-refractivity contribution in [2.24, 2.45) is 5.73 Å². The third-order valence-corrected chi connectivity index (χ3v) is 3.82. The highest BCUT2D eigenvalue weighted by atomic mass is 16.7. The molecule has 1 aromatic heterocycles. The molecule has 108 valence electrons. The van der Waals surface area contributed by atoms with E-state index >= 15 is 0 Å². The lowest BCUT2D eigenvalue weighted by atomic mass is 9.77. The zero-order valence-corrected chi connectivity index (χ0v) is 12.4. The van der Waals surface area contributed by atoms with Crippen LogP contribution in [0.15, 0.2) is 17.9 Å². The van der Waals surface area contributed by atoms with Gasteiger partial charge in [0.15, 0.2) is 0 Å². The number of aromatic nitrogens is 2. The first-order chi connectivity index (χ1) is 9.25. The van der Waals surface area contributed by atoms with Gasteiger partial charge in [0.25, 0.3) is 0 Å². The molecule has 4 N–H and O–H groups in total. The molecule has 0 amide bonds. The van der Waals surface area contributed by atoms with Gasteiger partial charge in [-0.05, 0) is 39.2 Å². The fourth-order valence-corrected chi connectivity index (χ4v) is 1.83. The number of anilines is 1. The summed E-state index contributed by atoms with van der Waals surface area (Å²) in [6.45, 7) is 8.34. The molecule has 0 spiro atoms. The summed E-state index contributed by atoms with van der Waals surface area (Å²) in [5, 5.41) is 0. The molecule has 2 heterocycles. The molecular weight excluding hydrogens is 255 g/mol. The second-order valence-electron chi connectivity index (χ2n) is 5.88. The molecule has 1 saturated heterocycles. The SMILES string of the molecule is CC1(C)OB(C(=Cc2cnc(N)cn2)CN)OC1(C)C. The van der Waals surface area contributed by atoms with E-state index in [0.29, 0.717) is 18.1 Å². The Morgan fingerprint density at radius 2 is 1.80 bits per heavy atom. The van der Waals surface area contributed by atoms with Gasteiger partial charge < -0.3 is 20.8 Å². The van der Waals surface area contributed by atoms with E-state index < -0.39 is 18.3 Å². The van der Waals surface area contributed by atoms with Crippen molar-refractivity contribution < 1.29 is 9.31 Å². The normalized spacial score (nSPS) is 21.2. The van der Waals surface area contributed by atoms with Crippen LogP contribution in [0.2, 0.25) is 0 Å². The van der Waals surface area contributed by atoms with Crippen molar-refractivity contribution in [2.45, 2.75) is 38.9 Å². The van der Waals surface area contributed by atoms with Gasteiger partial charge in [0.05, 0.1) is 29.3 Å².